The summed E-state index contributed by atoms with van der Waals surface area (Å²) in [4.78, 5) is 14.4. The maximum atomic E-state index is 13.2. The Bertz CT molecular complexity index is 700. The van der Waals surface area contributed by atoms with E-state index in [0.29, 0.717) is 0 Å². The van der Waals surface area contributed by atoms with Crippen LogP contribution in [0.1, 0.15) is 24.4 Å². The third kappa shape index (κ3) is 2.94. The van der Waals surface area contributed by atoms with Crippen LogP contribution in [0.25, 0.3) is 0 Å². The summed E-state index contributed by atoms with van der Waals surface area (Å²) in [6.07, 6.45) is 5.18. The first-order valence-corrected chi connectivity index (χ1v) is 9.02. The maximum Gasteiger partial charge on any atom is 0.248 e. The van der Waals surface area contributed by atoms with Crippen LogP contribution < -0.4 is 10.6 Å². The van der Waals surface area contributed by atoms with E-state index in [9.17, 15) is 4.79 Å². The lowest BCUT2D eigenvalue weighted by Gasteiger charge is -2.37. The number of amides is 1. The summed E-state index contributed by atoms with van der Waals surface area (Å²) in [5, 5.41) is 11.0. The zero-order valence-corrected chi connectivity index (χ0v) is 14.9. The van der Waals surface area contributed by atoms with Gasteiger partial charge in [-0.15, -0.1) is 24.2 Å². The smallest absolute Gasteiger partial charge is 0.248 e. The summed E-state index contributed by atoms with van der Waals surface area (Å²) in [5.41, 5.74) is 0.659. The molecule has 5 nitrogen and oxygen atoms in total. The van der Waals surface area contributed by atoms with Crippen LogP contribution in [-0.2, 0) is 10.3 Å². The van der Waals surface area contributed by atoms with Crippen LogP contribution in [0, 0.1) is 0 Å². The van der Waals surface area contributed by atoms with Gasteiger partial charge in [0.25, 0.3) is 0 Å². The van der Waals surface area contributed by atoms with Gasteiger partial charge in [0, 0.05) is 23.0 Å². The van der Waals surface area contributed by atoms with Gasteiger partial charge < -0.3 is 10.6 Å². The van der Waals surface area contributed by atoms with Crippen LogP contribution in [0.5, 0.6) is 0 Å². The molecule has 0 saturated carbocycles. The van der Waals surface area contributed by atoms with Gasteiger partial charge in [-0.05, 0) is 43.6 Å². The molecule has 128 valence electrons. The maximum absolute atomic E-state index is 13.2. The van der Waals surface area contributed by atoms with E-state index >= 15 is 0 Å². The highest BCUT2D eigenvalue weighted by Gasteiger charge is 2.43. The quantitative estimate of drug-likeness (QED) is 0.877. The number of fused-ring (bicyclic) bond motifs is 1. The van der Waals surface area contributed by atoms with Gasteiger partial charge in [0.15, 0.2) is 0 Å². The molecule has 1 unspecified atom stereocenters. The van der Waals surface area contributed by atoms with Crippen LogP contribution in [-0.4, -0.2) is 34.5 Å². The molecule has 7 heteroatoms. The fraction of sp³-hybridized carbons (Fsp3) is 0.412. The number of carbonyl (C=O) groups excluding carboxylic acids is 1. The Balaban J connectivity index is 0.00000169. The number of piperidine rings is 1. The molecule has 1 amide bonds. The molecule has 1 aromatic carbocycles. The van der Waals surface area contributed by atoms with Crippen LogP contribution in [0.3, 0.4) is 0 Å². The van der Waals surface area contributed by atoms with Gasteiger partial charge in [0.1, 0.15) is 5.54 Å². The zero-order valence-electron chi connectivity index (χ0n) is 13.3. The van der Waals surface area contributed by atoms with E-state index in [0.717, 1.165) is 31.7 Å². The van der Waals surface area contributed by atoms with E-state index < -0.39 is 5.54 Å². The molecule has 1 saturated heterocycles. The summed E-state index contributed by atoms with van der Waals surface area (Å²) in [5.74, 6) is 0.989. The number of hydrogen-bond acceptors (Lipinski definition) is 4. The lowest BCUT2D eigenvalue weighted by Crippen LogP contribution is -2.55. The molecule has 0 bridgehead atoms. The van der Waals surface area contributed by atoms with Crippen molar-refractivity contribution in [1.29, 1.82) is 0 Å². The third-order valence-electron chi connectivity index (χ3n) is 4.80. The molecule has 0 spiro atoms. The molecule has 2 N–H and O–H groups in total. The number of aromatic nitrogens is 2. The number of rotatable bonds is 3. The number of thioether (sulfide) groups is 1. The highest BCUT2D eigenvalue weighted by atomic mass is 35.5. The summed E-state index contributed by atoms with van der Waals surface area (Å²) < 4.78 is 1.84. The number of benzene rings is 1. The minimum absolute atomic E-state index is 0. The van der Waals surface area contributed by atoms with Crippen LogP contribution >= 0.6 is 24.2 Å². The standard InChI is InChI=1S/C17H20N4OS.ClH/c22-16(20-14-12-23-15-5-2-1-4-13(14)15)17(6-9-18-10-7-17)21-11-3-8-19-21;/h1-5,8,11,14,18H,6-7,9-10,12H2,(H,20,22);1H. The Morgan fingerprint density at radius 2 is 2.08 bits per heavy atom. The van der Waals surface area contributed by atoms with Crippen LogP contribution in [0.4, 0.5) is 0 Å². The van der Waals surface area contributed by atoms with Gasteiger partial charge in [0.05, 0.1) is 6.04 Å². The van der Waals surface area contributed by atoms with Crippen molar-refractivity contribution in [2.24, 2.45) is 0 Å². The van der Waals surface area contributed by atoms with E-state index in [4.69, 9.17) is 0 Å². The van der Waals surface area contributed by atoms with Gasteiger partial charge >= 0.3 is 0 Å². The number of nitrogens with zero attached hydrogens (tertiary/aromatic N) is 2. The molecule has 3 heterocycles. The van der Waals surface area contributed by atoms with Gasteiger partial charge in [0.2, 0.25) is 5.91 Å². The number of hydrogen-bond donors (Lipinski definition) is 2. The average molecular weight is 365 g/mol. The first kappa shape index (κ1) is 17.3. The van der Waals surface area contributed by atoms with E-state index in [2.05, 4.69) is 27.9 Å². The van der Waals surface area contributed by atoms with E-state index in [1.165, 1.54) is 10.5 Å². The van der Waals surface area contributed by atoms with Crippen molar-refractivity contribution < 1.29 is 4.79 Å². The Morgan fingerprint density at radius 3 is 2.83 bits per heavy atom. The van der Waals surface area contributed by atoms with Crippen LogP contribution in [0.2, 0.25) is 0 Å². The normalized spacial score (nSPS) is 21.6. The summed E-state index contributed by atoms with van der Waals surface area (Å²) in [7, 11) is 0. The minimum atomic E-state index is -0.572. The molecule has 1 atom stereocenters. The van der Waals surface area contributed by atoms with Crippen molar-refractivity contribution >= 4 is 30.1 Å². The van der Waals surface area contributed by atoms with Crippen molar-refractivity contribution in [2.45, 2.75) is 29.3 Å². The highest BCUT2D eigenvalue weighted by molar-refractivity contribution is 7.99. The van der Waals surface area contributed by atoms with Gasteiger partial charge in [-0.1, -0.05) is 18.2 Å². The molecule has 0 aliphatic carbocycles. The van der Waals surface area contributed by atoms with E-state index in [1.807, 2.05) is 40.8 Å². The summed E-state index contributed by atoms with van der Waals surface area (Å²) in [6, 6.07) is 10.3. The highest BCUT2D eigenvalue weighted by Crippen LogP contribution is 2.38. The first-order valence-electron chi connectivity index (χ1n) is 8.03. The molecule has 1 fully saturated rings. The lowest BCUT2D eigenvalue weighted by molar-refractivity contribution is -0.132. The van der Waals surface area contributed by atoms with Gasteiger partial charge in [-0.3, -0.25) is 9.48 Å². The van der Waals surface area contributed by atoms with Crippen molar-refractivity contribution in [3.63, 3.8) is 0 Å². The molecule has 1 aromatic heterocycles. The average Bonchev–Trinajstić information content (AvgIpc) is 3.26. The van der Waals surface area contributed by atoms with Gasteiger partial charge in [-0.25, -0.2) is 0 Å². The Labute approximate surface area is 152 Å². The molecule has 2 aliphatic rings. The Morgan fingerprint density at radius 1 is 1.29 bits per heavy atom. The SMILES string of the molecule is Cl.O=C(NC1CSc2ccccc21)C1(n2cccn2)CCNCC1. The summed E-state index contributed by atoms with van der Waals surface area (Å²) >= 11 is 1.81. The van der Waals surface area contributed by atoms with Crippen molar-refractivity contribution in [2.75, 3.05) is 18.8 Å². The molecular weight excluding hydrogens is 344 g/mol. The second kappa shape index (κ2) is 7.17. The zero-order chi connectivity index (χ0) is 15.7. The number of halogens is 1. The predicted octanol–water partition coefficient (Wildman–Crippen LogP) is 2.35. The second-order valence-corrected chi connectivity index (χ2v) is 7.17. The molecule has 2 aliphatic heterocycles. The van der Waals surface area contributed by atoms with E-state index in [-0.39, 0.29) is 24.4 Å². The molecule has 2 aromatic rings. The van der Waals surface area contributed by atoms with Gasteiger partial charge in [-0.2, -0.15) is 5.10 Å². The van der Waals surface area contributed by atoms with Crippen molar-refractivity contribution in [3.8, 4) is 0 Å². The molecule has 24 heavy (non-hydrogen) atoms. The van der Waals surface area contributed by atoms with Crippen molar-refractivity contribution in [3.05, 3.63) is 48.3 Å². The first-order chi connectivity index (χ1) is 11.3. The minimum Gasteiger partial charge on any atom is -0.346 e. The fourth-order valence-corrected chi connectivity index (χ4v) is 4.66. The largest absolute Gasteiger partial charge is 0.346 e. The lowest BCUT2D eigenvalue weighted by atomic mass is 9.87. The number of carbonyl (C=O) groups is 1. The Hall–Kier alpha value is -1.50. The van der Waals surface area contributed by atoms with Crippen molar-refractivity contribution in [1.82, 2.24) is 20.4 Å². The third-order valence-corrected chi connectivity index (χ3v) is 5.98. The Kier molecular flexibility index (Phi) is 5.18. The number of nitrogens with one attached hydrogen (secondary N) is 2. The predicted molar refractivity (Wildman–Crippen MR) is 97.6 cm³/mol. The fourth-order valence-electron chi connectivity index (χ4n) is 3.50. The van der Waals surface area contributed by atoms with E-state index in [1.54, 1.807) is 6.20 Å². The molecule has 0 radical (unpaired) electrons. The molecular formula is C17H21ClN4OS. The monoisotopic (exact) mass is 364 g/mol. The summed E-state index contributed by atoms with van der Waals surface area (Å²) in [6.45, 7) is 1.67. The second-order valence-electron chi connectivity index (χ2n) is 6.11. The molecule has 4 rings (SSSR count). The topological polar surface area (TPSA) is 59.0 Å². The van der Waals surface area contributed by atoms with Crippen LogP contribution in [0.15, 0.2) is 47.6 Å².